The lowest BCUT2D eigenvalue weighted by molar-refractivity contribution is 0.332. The van der Waals surface area contributed by atoms with Crippen molar-refractivity contribution in [2.75, 3.05) is 13.6 Å². The van der Waals surface area contributed by atoms with E-state index in [0.717, 1.165) is 12.0 Å². The van der Waals surface area contributed by atoms with Crippen LogP contribution in [0.1, 0.15) is 34.1 Å². The van der Waals surface area contributed by atoms with Crippen molar-refractivity contribution in [3.63, 3.8) is 0 Å². The lowest BCUT2D eigenvalue weighted by Gasteiger charge is -2.24. The van der Waals surface area contributed by atoms with Crippen LogP contribution < -0.4 is 5.32 Å². The van der Waals surface area contributed by atoms with Crippen molar-refractivity contribution in [2.24, 2.45) is 5.92 Å². The zero-order valence-electron chi connectivity index (χ0n) is 9.67. The van der Waals surface area contributed by atoms with E-state index in [1.807, 2.05) is 0 Å². The van der Waals surface area contributed by atoms with Crippen LogP contribution in [-0.2, 0) is 0 Å². The number of likely N-dealkylation sites (N-methyl/N-ethyl adjacent to an activating group) is 1. The van der Waals surface area contributed by atoms with Gasteiger partial charge in [0.15, 0.2) is 0 Å². The summed E-state index contributed by atoms with van der Waals surface area (Å²) in [6, 6.07) is 2.12. The third-order valence-corrected chi connectivity index (χ3v) is 3.46. The molecule has 2 heteroatoms. The van der Waals surface area contributed by atoms with Gasteiger partial charge in [0.25, 0.3) is 0 Å². The Balaban J connectivity index is 2.26. The van der Waals surface area contributed by atoms with Crippen molar-refractivity contribution in [3.8, 4) is 0 Å². The van der Waals surface area contributed by atoms with Crippen molar-refractivity contribution in [3.05, 3.63) is 0 Å². The third-order valence-electron chi connectivity index (χ3n) is 3.46. The van der Waals surface area contributed by atoms with Gasteiger partial charge in [-0.05, 0) is 33.2 Å². The van der Waals surface area contributed by atoms with Crippen molar-refractivity contribution < 1.29 is 0 Å². The number of hydrogen-bond donors (Lipinski definition) is 1. The number of hydrogen-bond acceptors (Lipinski definition) is 2. The number of nitrogens with one attached hydrogen (secondary N) is 1. The maximum absolute atomic E-state index is 3.64. The molecule has 0 saturated carbocycles. The monoisotopic (exact) mass is 184 g/mol. The van der Waals surface area contributed by atoms with E-state index in [-0.39, 0.29) is 0 Å². The van der Waals surface area contributed by atoms with E-state index < -0.39 is 0 Å². The van der Waals surface area contributed by atoms with Crippen LogP contribution >= 0.6 is 0 Å². The van der Waals surface area contributed by atoms with Gasteiger partial charge in [0.2, 0.25) is 0 Å². The van der Waals surface area contributed by atoms with Crippen molar-refractivity contribution in [2.45, 2.75) is 52.2 Å². The molecule has 0 aromatic carbocycles. The molecule has 0 spiro atoms. The molecule has 0 aliphatic carbocycles. The molecular weight excluding hydrogens is 160 g/mol. The molecule has 1 aliphatic heterocycles. The molecule has 78 valence electrons. The molecule has 0 radical (unpaired) electrons. The van der Waals surface area contributed by atoms with Gasteiger partial charge in [0.05, 0.1) is 0 Å². The van der Waals surface area contributed by atoms with Gasteiger partial charge in [0, 0.05) is 24.7 Å². The second-order valence-electron chi connectivity index (χ2n) is 4.63. The van der Waals surface area contributed by atoms with E-state index in [9.17, 15) is 0 Å². The highest BCUT2D eigenvalue weighted by atomic mass is 15.3. The first kappa shape index (κ1) is 11.0. The van der Waals surface area contributed by atoms with Gasteiger partial charge in [-0.3, -0.25) is 0 Å². The predicted molar refractivity (Wildman–Crippen MR) is 57.9 cm³/mol. The summed E-state index contributed by atoms with van der Waals surface area (Å²) in [6.07, 6.45) is 1.22. The second-order valence-corrected chi connectivity index (χ2v) is 4.63. The summed E-state index contributed by atoms with van der Waals surface area (Å²) in [5, 5.41) is 3.64. The Morgan fingerprint density at radius 1 is 1.38 bits per heavy atom. The summed E-state index contributed by atoms with van der Waals surface area (Å²) in [5.41, 5.74) is 0. The van der Waals surface area contributed by atoms with Crippen molar-refractivity contribution >= 4 is 0 Å². The summed E-state index contributed by atoms with van der Waals surface area (Å²) in [4.78, 5) is 2.42. The second kappa shape index (κ2) is 4.43. The van der Waals surface area contributed by atoms with Gasteiger partial charge >= 0.3 is 0 Å². The summed E-state index contributed by atoms with van der Waals surface area (Å²) in [7, 11) is 2.21. The molecule has 0 bridgehead atoms. The van der Waals surface area contributed by atoms with Crippen LogP contribution in [0.5, 0.6) is 0 Å². The highest BCUT2D eigenvalue weighted by Crippen LogP contribution is 2.25. The first-order chi connectivity index (χ1) is 6.06. The summed E-state index contributed by atoms with van der Waals surface area (Å²) in [5.74, 6) is 0.777. The molecule has 1 fully saturated rings. The van der Waals surface area contributed by atoms with Gasteiger partial charge < -0.3 is 10.2 Å². The molecule has 0 amide bonds. The van der Waals surface area contributed by atoms with Crippen LogP contribution in [0.15, 0.2) is 0 Å². The minimum atomic E-state index is 0.643. The highest BCUT2D eigenvalue weighted by molar-refractivity contribution is 4.94. The molecule has 0 aromatic rings. The van der Waals surface area contributed by atoms with E-state index in [1.54, 1.807) is 0 Å². The molecular formula is C11H24N2. The Morgan fingerprint density at radius 2 is 1.92 bits per heavy atom. The first-order valence-electron chi connectivity index (χ1n) is 5.52. The van der Waals surface area contributed by atoms with Crippen LogP contribution in [0.2, 0.25) is 0 Å². The van der Waals surface area contributed by atoms with E-state index in [4.69, 9.17) is 0 Å². The minimum absolute atomic E-state index is 0.643. The van der Waals surface area contributed by atoms with E-state index in [1.165, 1.54) is 13.0 Å². The quantitative estimate of drug-likeness (QED) is 0.654. The zero-order chi connectivity index (χ0) is 10.0. The van der Waals surface area contributed by atoms with Crippen LogP contribution in [0.3, 0.4) is 0 Å². The molecule has 1 rings (SSSR count). The Morgan fingerprint density at radius 3 is 2.31 bits per heavy atom. The van der Waals surface area contributed by atoms with Crippen LogP contribution in [0.25, 0.3) is 0 Å². The lowest BCUT2D eigenvalue weighted by Crippen LogP contribution is -2.40. The molecule has 0 aromatic heterocycles. The van der Waals surface area contributed by atoms with Crippen LogP contribution in [0.4, 0.5) is 0 Å². The molecule has 1 aliphatic rings. The van der Waals surface area contributed by atoms with E-state index >= 15 is 0 Å². The predicted octanol–water partition coefficient (Wildman–Crippen LogP) is 1.71. The lowest BCUT2D eigenvalue weighted by atomic mass is 9.99. The standard InChI is InChI=1S/C11H24N2/c1-6-8(2)12-10(4)9(3)11-7-13(11)5/h8-12H,6-7H2,1-5H3. The van der Waals surface area contributed by atoms with Gasteiger partial charge in [-0.15, -0.1) is 0 Å². The topological polar surface area (TPSA) is 15.0 Å². The average molecular weight is 184 g/mol. The van der Waals surface area contributed by atoms with Gasteiger partial charge in [-0.25, -0.2) is 0 Å². The fourth-order valence-corrected chi connectivity index (χ4v) is 1.87. The fraction of sp³-hybridized carbons (Fsp3) is 1.00. The molecule has 5 atom stereocenters. The largest absolute Gasteiger partial charge is 0.311 e. The van der Waals surface area contributed by atoms with Crippen LogP contribution in [-0.4, -0.2) is 36.6 Å². The zero-order valence-corrected chi connectivity index (χ0v) is 9.67. The SMILES string of the molecule is CCC(C)NC(C)C(C)C1CN1C. The maximum Gasteiger partial charge on any atom is 0.0261 e. The Kier molecular flexibility index (Phi) is 3.74. The summed E-state index contributed by atoms with van der Waals surface area (Å²) in [6.45, 7) is 10.4. The normalized spacial score (nSPS) is 33.9. The first-order valence-corrected chi connectivity index (χ1v) is 5.52. The maximum atomic E-state index is 3.64. The number of nitrogens with zero attached hydrogens (tertiary/aromatic N) is 1. The molecule has 13 heavy (non-hydrogen) atoms. The van der Waals surface area contributed by atoms with Crippen molar-refractivity contribution in [1.29, 1.82) is 0 Å². The van der Waals surface area contributed by atoms with Crippen LogP contribution in [0, 0.1) is 5.92 Å². The third kappa shape index (κ3) is 2.96. The molecule has 1 N–H and O–H groups in total. The van der Waals surface area contributed by atoms with Crippen molar-refractivity contribution in [1.82, 2.24) is 10.2 Å². The molecule has 2 nitrogen and oxygen atoms in total. The smallest absolute Gasteiger partial charge is 0.0261 e. The summed E-state index contributed by atoms with van der Waals surface area (Å²) < 4.78 is 0. The Hall–Kier alpha value is -0.0800. The molecule has 1 saturated heterocycles. The average Bonchev–Trinajstić information content (AvgIpc) is 2.81. The molecule has 1 heterocycles. The highest BCUT2D eigenvalue weighted by Gasteiger charge is 2.37. The fourth-order valence-electron chi connectivity index (χ4n) is 1.87. The van der Waals surface area contributed by atoms with E-state index in [0.29, 0.717) is 12.1 Å². The van der Waals surface area contributed by atoms with Gasteiger partial charge in [0.1, 0.15) is 0 Å². The Labute approximate surface area is 82.7 Å². The van der Waals surface area contributed by atoms with Gasteiger partial charge in [-0.2, -0.15) is 0 Å². The van der Waals surface area contributed by atoms with Gasteiger partial charge in [-0.1, -0.05) is 13.8 Å². The van der Waals surface area contributed by atoms with E-state index in [2.05, 4.69) is 45.0 Å². The molecule has 5 unspecified atom stereocenters. The Bertz CT molecular complexity index is 158. The minimum Gasteiger partial charge on any atom is -0.311 e. The summed E-state index contributed by atoms with van der Waals surface area (Å²) >= 11 is 0. The number of rotatable bonds is 5.